The van der Waals surface area contributed by atoms with Gasteiger partial charge in [0.1, 0.15) is 5.58 Å². The van der Waals surface area contributed by atoms with E-state index in [-0.39, 0.29) is 0 Å². The third kappa shape index (κ3) is 0.936. The Balaban J connectivity index is 2.76. The summed E-state index contributed by atoms with van der Waals surface area (Å²) in [5.41, 5.74) is 1.52. The summed E-state index contributed by atoms with van der Waals surface area (Å²) in [5, 5.41) is 9.68. The van der Waals surface area contributed by atoms with Gasteiger partial charge in [0.25, 0.3) is 0 Å². The van der Waals surface area contributed by atoms with Crippen molar-refractivity contribution in [3.63, 3.8) is 0 Å². The number of benzene rings is 1. The van der Waals surface area contributed by atoms with Crippen molar-refractivity contribution >= 4 is 23.9 Å². The van der Waals surface area contributed by atoms with Gasteiger partial charge in [-0.05, 0) is 11.5 Å². The molecule has 3 heteroatoms. The lowest BCUT2D eigenvalue weighted by Crippen LogP contribution is -2.10. The second kappa shape index (κ2) is 2.44. The maximum absolute atomic E-state index is 8.74. The average Bonchev–Trinajstić information content (AvgIpc) is 2.47. The van der Waals surface area contributed by atoms with Crippen molar-refractivity contribution in [2.45, 2.75) is 0 Å². The molecule has 2 aromatic rings. The van der Waals surface area contributed by atoms with Crippen molar-refractivity contribution in [3.8, 4) is 0 Å². The number of hydrogen-bond donors (Lipinski definition) is 1. The number of para-hydroxylation sites is 1. The van der Waals surface area contributed by atoms with Crippen LogP contribution in [0.25, 0.3) is 11.0 Å². The summed E-state index contributed by atoms with van der Waals surface area (Å²) in [5.74, 6) is 0. The first kappa shape index (κ1) is 6.49. The molecule has 0 unspecified atom stereocenters. The second-order valence-corrected chi connectivity index (χ2v) is 2.32. The summed E-state index contributed by atoms with van der Waals surface area (Å²) in [7, 11) is 1.05. The predicted molar refractivity (Wildman–Crippen MR) is 43.8 cm³/mol. The highest BCUT2D eigenvalue weighted by molar-refractivity contribution is 6.49. The molecule has 0 aliphatic carbocycles. The summed E-state index contributed by atoms with van der Waals surface area (Å²) in [6, 6.07) is 7.57. The predicted octanol–water partition coefficient (Wildman–Crippen LogP) is 0.670. The molecule has 0 aliphatic rings. The van der Waals surface area contributed by atoms with E-state index >= 15 is 0 Å². The molecule has 1 aromatic heterocycles. The summed E-state index contributed by atoms with van der Waals surface area (Å²) >= 11 is 0. The molecule has 1 aromatic carbocycles. The van der Waals surface area contributed by atoms with Crippen LogP contribution in [0.2, 0.25) is 0 Å². The van der Waals surface area contributed by atoms with Crippen LogP contribution in [0.4, 0.5) is 0 Å². The molecular weight excluding hydrogens is 139 g/mol. The van der Waals surface area contributed by atoms with Crippen molar-refractivity contribution in [3.05, 3.63) is 30.5 Å². The van der Waals surface area contributed by atoms with Crippen LogP contribution in [-0.2, 0) is 0 Å². The average molecular weight is 145 g/mol. The molecule has 1 N–H and O–H groups in total. The molecule has 1 heterocycles. The Morgan fingerprint density at radius 2 is 2.09 bits per heavy atom. The van der Waals surface area contributed by atoms with Crippen molar-refractivity contribution in [1.82, 2.24) is 0 Å². The van der Waals surface area contributed by atoms with E-state index in [9.17, 15) is 0 Å². The first-order valence-corrected chi connectivity index (χ1v) is 3.35. The highest BCUT2D eigenvalue weighted by Gasteiger charge is 2.03. The van der Waals surface area contributed by atoms with Crippen LogP contribution < -0.4 is 5.46 Å². The molecule has 11 heavy (non-hydrogen) atoms. The Hall–Kier alpha value is -1.22. The van der Waals surface area contributed by atoms with Gasteiger partial charge in [-0.2, -0.15) is 0 Å². The molecule has 0 spiro atoms. The van der Waals surface area contributed by atoms with Crippen LogP contribution in [0.15, 0.2) is 34.9 Å². The summed E-state index contributed by atoms with van der Waals surface area (Å²) in [6.45, 7) is 0. The van der Waals surface area contributed by atoms with Gasteiger partial charge < -0.3 is 9.44 Å². The minimum Gasteiger partial charge on any atom is -0.465 e. The standard InChI is InChI=1S/C8H6BO2/c10-9-7-5-11-8-4-2-1-3-6(7)8/h1-5,10H. The first-order valence-electron chi connectivity index (χ1n) is 3.35. The van der Waals surface area contributed by atoms with Crippen LogP contribution in [0, 0.1) is 0 Å². The van der Waals surface area contributed by atoms with E-state index in [1.165, 1.54) is 6.26 Å². The Morgan fingerprint density at radius 1 is 1.27 bits per heavy atom. The van der Waals surface area contributed by atoms with Crippen LogP contribution in [0.1, 0.15) is 0 Å². The fourth-order valence-corrected chi connectivity index (χ4v) is 1.10. The Bertz CT molecular complexity index is 367. The van der Waals surface area contributed by atoms with Crippen LogP contribution in [0.3, 0.4) is 0 Å². The minimum absolute atomic E-state index is 0.723. The third-order valence-electron chi connectivity index (χ3n) is 1.65. The van der Waals surface area contributed by atoms with Gasteiger partial charge in [0.15, 0.2) is 0 Å². The monoisotopic (exact) mass is 145 g/mol. The van der Waals surface area contributed by atoms with E-state index in [1.54, 1.807) is 0 Å². The van der Waals surface area contributed by atoms with Gasteiger partial charge in [-0.3, -0.25) is 0 Å². The first-order chi connectivity index (χ1) is 5.42. The zero-order valence-corrected chi connectivity index (χ0v) is 5.82. The highest BCUT2D eigenvalue weighted by atomic mass is 16.3. The van der Waals surface area contributed by atoms with E-state index in [0.717, 1.165) is 23.9 Å². The SMILES string of the molecule is O[B]c1coc2ccccc12. The van der Waals surface area contributed by atoms with Crippen molar-refractivity contribution in [2.24, 2.45) is 0 Å². The summed E-state index contributed by atoms with van der Waals surface area (Å²) in [4.78, 5) is 0. The molecular formula is C8H6BO2. The van der Waals surface area contributed by atoms with Crippen LogP contribution in [0.5, 0.6) is 0 Å². The molecule has 53 valence electrons. The molecule has 2 nitrogen and oxygen atoms in total. The lowest BCUT2D eigenvalue weighted by atomic mass is 9.89. The molecule has 0 bridgehead atoms. The minimum atomic E-state index is 0.723. The number of hydrogen-bond acceptors (Lipinski definition) is 2. The summed E-state index contributed by atoms with van der Waals surface area (Å²) in [6.07, 6.45) is 1.53. The maximum Gasteiger partial charge on any atom is 0.330 e. The fraction of sp³-hybridized carbons (Fsp3) is 0. The van der Waals surface area contributed by atoms with Crippen LogP contribution >= 0.6 is 0 Å². The molecule has 0 saturated heterocycles. The molecule has 0 fully saturated rings. The molecule has 2 rings (SSSR count). The van der Waals surface area contributed by atoms with E-state index in [1.807, 2.05) is 24.3 Å². The fourth-order valence-electron chi connectivity index (χ4n) is 1.10. The lowest BCUT2D eigenvalue weighted by Gasteiger charge is -1.86. The van der Waals surface area contributed by atoms with Gasteiger partial charge in [0, 0.05) is 5.39 Å². The van der Waals surface area contributed by atoms with Crippen LogP contribution in [-0.4, -0.2) is 12.5 Å². The Labute approximate surface area is 64.7 Å². The molecule has 0 atom stereocenters. The smallest absolute Gasteiger partial charge is 0.330 e. The van der Waals surface area contributed by atoms with E-state index in [2.05, 4.69) is 0 Å². The van der Waals surface area contributed by atoms with E-state index in [4.69, 9.17) is 9.44 Å². The largest absolute Gasteiger partial charge is 0.465 e. The van der Waals surface area contributed by atoms with E-state index < -0.39 is 0 Å². The molecule has 0 aliphatic heterocycles. The zero-order valence-electron chi connectivity index (χ0n) is 5.82. The van der Waals surface area contributed by atoms with Gasteiger partial charge >= 0.3 is 7.48 Å². The van der Waals surface area contributed by atoms with Gasteiger partial charge in [-0.1, -0.05) is 18.2 Å². The number of furan rings is 1. The molecule has 0 amide bonds. The topological polar surface area (TPSA) is 33.4 Å². The van der Waals surface area contributed by atoms with Gasteiger partial charge in [0.05, 0.1) is 6.26 Å². The summed E-state index contributed by atoms with van der Waals surface area (Å²) < 4.78 is 5.15. The van der Waals surface area contributed by atoms with Gasteiger partial charge in [-0.15, -0.1) is 0 Å². The Kier molecular flexibility index (Phi) is 1.44. The van der Waals surface area contributed by atoms with Crippen molar-refractivity contribution in [2.75, 3.05) is 0 Å². The Morgan fingerprint density at radius 3 is 2.91 bits per heavy atom. The number of rotatable bonds is 1. The molecule has 1 radical (unpaired) electrons. The van der Waals surface area contributed by atoms with Crippen molar-refractivity contribution in [1.29, 1.82) is 0 Å². The lowest BCUT2D eigenvalue weighted by molar-refractivity contribution is 0.605. The van der Waals surface area contributed by atoms with E-state index in [0.29, 0.717) is 0 Å². The zero-order chi connectivity index (χ0) is 7.68. The normalized spacial score (nSPS) is 10.3. The number of fused-ring (bicyclic) bond motifs is 1. The third-order valence-corrected chi connectivity index (χ3v) is 1.65. The maximum atomic E-state index is 8.74. The van der Waals surface area contributed by atoms with Gasteiger partial charge in [0.2, 0.25) is 0 Å². The van der Waals surface area contributed by atoms with Gasteiger partial charge in [-0.25, -0.2) is 0 Å². The second-order valence-electron chi connectivity index (χ2n) is 2.32. The van der Waals surface area contributed by atoms with Crippen molar-refractivity contribution < 1.29 is 9.44 Å². The molecule has 0 saturated carbocycles. The quantitative estimate of drug-likeness (QED) is 0.598. The highest BCUT2D eigenvalue weighted by Crippen LogP contribution is 2.10.